The first-order valence-corrected chi connectivity index (χ1v) is 14.0. The molecule has 6 nitrogen and oxygen atoms in total. The Morgan fingerprint density at radius 3 is 2.03 bits per heavy atom. The van der Waals surface area contributed by atoms with Gasteiger partial charge in [0.15, 0.2) is 0 Å². The zero-order valence-electron chi connectivity index (χ0n) is 25.2. The molecule has 35 heavy (non-hydrogen) atoms. The summed E-state index contributed by atoms with van der Waals surface area (Å²) in [6.07, 6.45) is 5.72. The van der Waals surface area contributed by atoms with Gasteiger partial charge in [0.05, 0.1) is 31.0 Å². The highest BCUT2D eigenvalue weighted by Crippen LogP contribution is 2.51. The molecule has 1 aliphatic rings. The van der Waals surface area contributed by atoms with Crippen molar-refractivity contribution < 1.29 is 28.7 Å². The van der Waals surface area contributed by atoms with Crippen molar-refractivity contribution in [2.24, 2.45) is 11.3 Å². The van der Waals surface area contributed by atoms with Gasteiger partial charge >= 0.3 is 0 Å². The number of hydrogen-bond acceptors (Lipinski definition) is 6. The van der Waals surface area contributed by atoms with Crippen LogP contribution in [0, 0.1) is 11.3 Å². The summed E-state index contributed by atoms with van der Waals surface area (Å²) in [7, 11) is 0. The summed E-state index contributed by atoms with van der Waals surface area (Å²) >= 11 is 0. The molecule has 0 spiro atoms. The van der Waals surface area contributed by atoms with Crippen molar-refractivity contribution >= 4 is 0 Å². The van der Waals surface area contributed by atoms with E-state index < -0.39 is 17.2 Å². The quantitative estimate of drug-likeness (QED) is 0.0928. The van der Waals surface area contributed by atoms with Crippen molar-refractivity contribution in [3.05, 3.63) is 0 Å². The van der Waals surface area contributed by atoms with Crippen molar-refractivity contribution in [2.75, 3.05) is 19.8 Å². The van der Waals surface area contributed by atoms with E-state index in [-0.39, 0.29) is 17.1 Å². The summed E-state index contributed by atoms with van der Waals surface area (Å²) in [4.78, 5) is 12.3. The van der Waals surface area contributed by atoms with Crippen LogP contribution < -0.4 is 0 Å². The number of hydrogen-bond donors (Lipinski definition) is 0. The van der Waals surface area contributed by atoms with Crippen LogP contribution in [0.15, 0.2) is 0 Å². The predicted octanol–water partition coefficient (Wildman–Crippen LogP) is 7.83. The summed E-state index contributed by atoms with van der Waals surface area (Å²) < 4.78 is 27.0. The van der Waals surface area contributed by atoms with Crippen molar-refractivity contribution in [1.82, 2.24) is 0 Å². The first-order valence-electron chi connectivity index (χ1n) is 14.0. The highest BCUT2D eigenvalue weighted by molar-refractivity contribution is 5.04. The molecule has 210 valence electrons. The van der Waals surface area contributed by atoms with Crippen LogP contribution in [0.1, 0.15) is 128 Å². The molecule has 1 saturated carbocycles. The fourth-order valence-electron chi connectivity index (χ4n) is 4.02. The smallest absolute Gasteiger partial charge is 0.259 e. The van der Waals surface area contributed by atoms with E-state index in [9.17, 15) is 0 Å². The largest absolute Gasteiger partial charge is 0.367 e. The van der Waals surface area contributed by atoms with E-state index in [0.29, 0.717) is 38.6 Å². The van der Waals surface area contributed by atoms with Crippen LogP contribution in [0.3, 0.4) is 0 Å². The first kappa shape index (κ1) is 32.8. The molecule has 0 aromatic heterocycles. The summed E-state index contributed by atoms with van der Waals surface area (Å²) in [6, 6.07) is 0. The van der Waals surface area contributed by atoms with E-state index in [1.807, 2.05) is 0 Å². The normalized spacial score (nSPS) is 26.1. The third-order valence-corrected chi connectivity index (χ3v) is 6.24. The second kappa shape index (κ2) is 13.5. The lowest BCUT2D eigenvalue weighted by molar-refractivity contribution is -0.519. The Morgan fingerprint density at radius 2 is 1.51 bits per heavy atom. The Kier molecular flexibility index (Phi) is 12.7. The number of ether oxygens (including phenoxy) is 4. The van der Waals surface area contributed by atoms with Gasteiger partial charge in [-0.15, -0.1) is 0 Å². The molecule has 1 rings (SSSR count). The molecule has 1 fully saturated rings. The van der Waals surface area contributed by atoms with Gasteiger partial charge in [-0.2, -0.15) is 4.89 Å². The molecule has 0 radical (unpaired) electrons. The summed E-state index contributed by atoms with van der Waals surface area (Å²) in [5.41, 5.74) is -0.918. The molecule has 0 amide bonds. The lowest BCUT2D eigenvalue weighted by atomic mass is 9.99. The van der Waals surface area contributed by atoms with Crippen LogP contribution in [0.4, 0.5) is 0 Å². The molecule has 0 aliphatic heterocycles. The Balaban J connectivity index is 3.53. The monoisotopic (exact) mass is 502 g/mol. The highest BCUT2D eigenvalue weighted by Gasteiger charge is 2.69. The number of unbranched alkanes of at least 4 members (excludes halogenated alkanes) is 2. The second-order valence-corrected chi connectivity index (χ2v) is 13.4. The Labute approximate surface area is 217 Å². The predicted molar refractivity (Wildman–Crippen MR) is 142 cm³/mol. The molecule has 3 atom stereocenters. The van der Waals surface area contributed by atoms with E-state index in [4.69, 9.17) is 28.7 Å². The van der Waals surface area contributed by atoms with E-state index in [1.54, 1.807) is 0 Å². The fourth-order valence-corrected chi connectivity index (χ4v) is 4.02. The molecule has 6 heteroatoms. The fraction of sp³-hybridized carbons (Fsp3) is 1.00. The molecular weight excluding hydrogens is 444 g/mol. The molecule has 0 aromatic carbocycles. The van der Waals surface area contributed by atoms with Crippen molar-refractivity contribution in [3.63, 3.8) is 0 Å². The summed E-state index contributed by atoms with van der Waals surface area (Å²) in [5.74, 6) is -2.00. The zero-order chi connectivity index (χ0) is 27.0. The average molecular weight is 503 g/mol. The van der Waals surface area contributed by atoms with Gasteiger partial charge in [0.1, 0.15) is 6.10 Å². The summed E-state index contributed by atoms with van der Waals surface area (Å²) in [6.45, 7) is 26.9. The number of rotatable bonds is 16. The van der Waals surface area contributed by atoms with Crippen LogP contribution in [0.2, 0.25) is 0 Å². The van der Waals surface area contributed by atoms with Crippen molar-refractivity contribution in [1.29, 1.82) is 0 Å². The van der Waals surface area contributed by atoms with Crippen LogP contribution in [0.5, 0.6) is 0 Å². The van der Waals surface area contributed by atoms with E-state index in [0.717, 1.165) is 32.1 Å². The molecule has 3 unspecified atom stereocenters. The third-order valence-electron chi connectivity index (χ3n) is 6.24. The minimum atomic E-state index is -1.25. The van der Waals surface area contributed by atoms with E-state index >= 15 is 0 Å². The Hall–Kier alpha value is -0.240. The molecule has 0 N–H and O–H groups in total. The van der Waals surface area contributed by atoms with Crippen molar-refractivity contribution in [3.8, 4) is 0 Å². The second-order valence-electron chi connectivity index (χ2n) is 13.4. The maximum Gasteiger partial charge on any atom is 0.259 e. The lowest BCUT2D eigenvalue weighted by Crippen LogP contribution is -2.65. The van der Waals surface area contributed by atoms with Gasteiger partial charge in [0, 0.05) is 6.42 Å². The molecule has 0 saturated heterocycles. The van der Waals surface area contributed by atoms with Crippen LogP contribution >= 0.6 is 0 Å². The zero-order valence-corrected chi connectivity index (χ0v) is 25.2. The molecular formula is C29H58O6. The van der Waals surface area contributed by atoms with Gasteiger partial charge in [0.2, 0.25) is 0 Å². The van der Waals surface area contributed by atoms with E-state index in [1.165, 1.54) is 0 Å². The Morgan fingerprint density at radius 1 is 0.886 bits per heavy atom. The SMILES string of the molecule is CCCCCOC1(OCCC(C)C)C(OC(C)(C)C)CCC1(OOCC(C)(C)C)OC(C)(C)CC. The van der Waals surface area contributed by atoms with Gasteiger partial charge in [0.25, 0.3) is 11.6 Å². The maximum absolute atomic E-state index is 6.85. The van der Waals surface area contributed by atoms with Crippen LogP contribution in [-0.2, 0) is 28.7 Å². The molecule has 0 bridgehead atoms. The van der Waals surface area contributed by atoms with Gasteiger partial charge in [-0.3, -0.25) is 0 Å². The summed E-state index contributed by atoms with van der Waals surface area (Å²) in [5, 5.41) is 0. The van der Waals surface area contributed by atoms with Gasteiger partial charge in [-0.25, -0.2) is 4.89 Å². The third kappa shape index (κ3) is 10.6. The van der Waals surface area contributed by atoms with Gasteiger partial charge < -0.3 is 18.9 Å². The van der Waals surface area contributed by atoms with Crippen LogP contribution in [0.25, 0.3) is 0 Å². The molecule has 0 heterocycles. The molecule has 0 aromatic rings. The standard InChI is InChI=1S/C29H58O6/c1-13-15-16-20-30-29(31-21-18-23(3)4)24(33-26(8,9)10)17-19-28(29,34-27(11,12)14-2)35-32-22-25(5,6)7/h23-24H,13-22H2,1-12H3. The average Bonchev–Trinajstić information content (AvgIpc) is 2.95. The van der Waals surface area contributed by atoms with Crippen molar-refractivity contribution in [2.45, 2.75) is 157 Å². The maximum atomic E-state index is 6.85. The first-order chi connectivity index (χ1) is 16.0. The van der Waals surface area contributed by atoms with Gasteiger partial charge in [-0.05, 0) is 71.6 Å². The van der Waals surface area contributed by atoms with Crippen LogP contribution in [-0.4, -0.2) is 48.7 Å². The minimum Gasteiger partial charge on any atom is -0.367 e. The Bertz CT molecular complexity index is 591. The highest BCUT2D eigenvalue weighted by atomic mass is 17.2. The lowest BCUT2D eigenvalue weighted by Gasteiger charge is -2.49. The minimum absolute atomic E-state index is 0.0650. The van der Waals surface area contributed by atoms with Gasteiger partial charge in [-0.1, -0.05) is 61.3 Å². The molecule has 1 aliphatic carbocycles. The topological polar surface area (TPSA) is 55.4 Å². The van der Waals surface area contributed by atoms with E-state index in [2.05, 4.69) is 83.1 Å².